The molecule has 3 nitrogen and oxygen atoms in total. The molecule has 2 heterocycles. The van der Waals surface area contributed by atoms with Crippen LogP contribution in [0, 0.1) is 20.8 Å². The van der Waals surface area contributed by atoms with Crippen molar-refractivity contribution in [2.45, 2.75) is 20.8 Å². The first-order valence-corrected chi connectivity index (χ1v) is 8.51. The van der Waals surface area contributed by atoms with Gasteiger partial charge in [-0.05, 0) is 44.5 Å². The van der Waals surface area contributed by atoms with Crippen LogP contribution in [0.5, 0.6) is 0 Å². The number of para-hydroxylation sites is 1. The second-order valence-electron chi connectivity index (χ2n) is 6.48. The summed E-state index contributed by atoms with van der Waals surface area (Å²) in [6, 6.07) is 23.1. The maximum atomic E-state index is 4.90. The van der Waals surface area contributed by atoms with Crippen molar-refractivity contribution in [3.05, 3.63) is 83.6 Å². The van der Waals surface area contributed by atoms with Gasteiger partial charge in [0.15, 0.2) is 0 Å². The zero-order valence-corrected chi connectivity index (χ0v) is 14.7. The summed E-state index contributed by atoms with van der Waals surface area (Å²) in [5.74, 6) is 1.01. The lowest BCUT2D eigenvalue weighted by molar-refractivity contribution is 1.09. The molecule has 0 radical (unpaired) electrons. The van der Waals surface area contributed by atoms with Gasteiger partial charge in [0.2, 0.25) is 0 Å². The Morgan fingerprint density at radius 3 is 2.32 bits per heavy atom. The molecule has 124 valence electrons. The minimum Gasteiger partial charge on any atom is -0.339 e. The fraction of sp³-hybridized carbons (Fsp3) is 0.136. The van der Waals surface area contributed by atoms with E-state index in [2.05, 4.69) is 85.1 Å². The summed E-state index contributed by atoms with van der Waals surface area (Å²) in [6.45, 7) is 6.32. The Balaban J connectivity index is 1.95. The van der Waals surface area contributed by atoms with E-state index < -0.39 is 0 Å². The number of nitrogens with zero attached hydrogens (tertiary/aromatic N) is 2. The molecular weight excluding hydrogens is 306 g/mol. The second kappa shape index (κ2) is 6.10. The molecule has 0 aliphatic carbocycles. The van der Waals surface area contributed by atoms with Crippen molar-refractivity contribution in [3.63, 3.8) is 0 Å². The first-order valence-electron chi connectivity index (χ1n) is 8.51. The van der Waals surface area contributed by atoms with Gasteiger partial charge >= 0.3 is 0 Å². The smallest absolute Gasteiger partial charge is 0.143 e. The Morgan fingerprint density at radius 2 is 1.56 bits per heavy atom. The van der Waals surface area contributed by atoms with Crippen LogP contribution < -0.4 is 5.32 Å². The highest BCUT2D eigenvalue weighted by Crippen LogP contribution is 2.33. The van der Waals surface area contributed by atoms with E-state index in [9.17, 15) is 0 Å². The molecule has 0 fully saturated rings. The summed E-state index contributed by atoms with van der Waals surface area (Å²) >= 11 is 0. The van der Waals surface area contributed by atoms with Crippen molar-refractivity contribution < 1.29 is 0 Å². The number of nitrogens with one attached hydrogen (secondary N) is 1. The van der Waals surface area contributed by atoms with E-state index in [1.165, 1.54) is 11.1 Å². The average Bonchev–Trinajstić information content (AvgIpc) is 2.97. The number of rotatable bonds is 3. The van der Waals surface area contributed by atoms with Crippen molar-refractivity contribution in [1.82, 2.24) is 9.38 Å². The van der Waals surface area contributed by atoms with Crippen LogP contribution in [0.15, 0.2) is 66.7 Å². The molecule has 0 spiro atoms. The third-order valence-electron chi connectivity index (χ3n) is 4.56. The Hall–Kier alpha value is -3.07. The third kappa shape index (κ3) is 2.78. The summed E-state index contributed by atoms with van der Waals surface area (Å²) in [5, 5.41) is 3.62. The van der Waals surface area contributed by atoms with Crippen LogP contribution in [0.2, 0.25) is 0 Å². The summed E-state index contributed by atoms with van der Waals surface area (Å²) in [6.07, 6.45) is 0. The van der Waals surface area contributed by atoms with Gasteiger partial charge in [-0.2, -0.15) is 0 Å². The van der Waals surface area contributed by atoms with Gasteiger partial charge in [-0.25, -0.2) is 4.98 Å². The van der Waals surface area contributed by atoms with E-state index >= 15 is 0 Å². The Bertz CT molecular complexity index is 1040. The molecule has 4 rings (SSSR count). The number of fused-ring (bicyclic) bond motifs is 1. The predicted molar refractivity (Wildman–Crippen MR) is 105 cm³/mol. The molecule has 0 unspecified atom stereocenters. The van der Waals surface area contributed by atoms with E-state index in [-0.39, 0.29) is 0 Å². The van der Waals surface area contributed by atoms with Gasteiger partial charge in [0, 0.05) is 16.9 Å². The molecule has 2 aromatic heterocycles. The van der Waals surface area contributed by atoms with Gasteiger partial charge in [-0.15, -0.1) is 0 Å². The second-order valence-corrected chi connectivity index (χ2v) is 6.48. The molecule has 0 aliphatic rings. The van der Waals surface area contributed by atoms with E-state index in [0.29, 0.717) is 0 Å². The highest BCUT2D eigenvalue weighted by molar-refractivity contribution is 5.80. The summed E-state index contributed by atoms with van der Waals surface area (Å²) < 4.78 is 2.18. The standard InChI is InChI=1S/C22H21N3/c1-15-11-13-18(14-12-15)21-22(23-19-9-5-4-7-16(19)2)25-17(3)8-6-10-20(25)24-21/h4-14,23H,1-3H3. The van der Waals surface area contributed by atoms with Gasteiger partial charge in [-0.3, -0.25) is 4.40 Å². The van der Waals surface area contributed by atoms with Gasteiger partial charge in [0.25, 0.3) is 0 Å². The molecular formula is C22H21N3. The van der Waals surface area contributed by atoms with Gasteiger partial charge in [0.05, 0.1) is 0 Å². The van der Waals surface area contributed by atoms with Gasteiger partial charge < -0.3 is 5.32 Å². The molecule has 0 amide bonds. The van der Waals surface area contributed by atoms with Crippen molar-refractivity contribution in [3.8, 4) is 11.3 Å². The van der Waals surface area contributed by atoms with Gasteiger partial charge in [-0.1, -0.05) is 54.1 Å². The first kappa shape index (κ1) is 15.5. The highest BCUT2D eigenvalue weighted by Gasteiger charge is 2.16. The molecule has 4 aromatic rings. The van der Waals surface area contributed by atoms with E-state index in [4.69, 9.17) is 4.98 Å². The zero-order valence-electron chi connectivity index (χ0n) is 14.7. The lowest BCUT2D eigenvalue weighted by Crippen LogP contribution is -2.00. The monoisotopic (exact) mass is 327 g/mol. The SMILES string of the molecule is Cc1ccc(-c2nc3cccc(C)n3c2Nc2ccccc2C)cc1. The molecule has 2 aromatic carbocycles. The lowest BCUT2D eigenvalue weighted by atomic mass is 10.1. The molecule has 1 N–H and O–H groups in total. The van der Waals surface area contributed by atoms with E-state index in [1.54, 1.807) is 0 Å². The third-order valence-corrected chi connectivity index (χ3v) is 4.56. The Kier molecular flexibility index (Phi) is 3.77. The van der Waals surface area contributed by atoms with Crippen LogP contribution in [0.4, 0.5) is 11.5 Å². The van der Waals surface area contributed by atoms with Crippen LogP contribution in [-0.2, 0) is 0 Å². The molecule has 25 heavy (non-hydrogen) atoms. The Labute approximate surface area is 148 Å². The minimum atomic E-state index is 0.951. The topological polar surface area (TPSA) is 29.3 Å². The van der Waals surface area contributed by atoms with Crippen molar-refractivity contribution in [2.75, 3.05) is 5.32 Å². The number of anilines is 2. The molecule has 3 heteroatoms. The molecule has 0 bridgehead atoms. The molecule has 0 saturated carbocycles. The maximum absolute atomic E-state index is 4.90. The van der Waals surface area contributed by atoms with Crippen LogP contribution in [0.1, 0.15) is 16.8 Å². The lowest BCUT2D eigenvalue weighted by Gasteiger charge is -2.12. The fourth-order valence-corrected chi connectivity index (χ4v) is 3.12. The minimum absolute atomic E-state index is 0.951. The molecule has 0 aliphatic heterocycles. The predicted octanol–water partition coefficient (Wildman–Crippen LogP) is 5.67. The summed E-state index contributed by atoms with van der Waals surface area (Å²) in [4.78, 5) is 4.90. The zero-order chi connectivity index (χ0) is 17.4. The van der Waals surface area contributed by atoms with Crippen molar-refractivity contribution >= 4 is 17.2 Å². The number of aromatic nitrogens is 2. The number of pyridine rings is 1. The van der Waals surface area contributed by atoms with Crippen LogP contribution in [-0.4, -0.2) is 9.38 Å². The number of hydrogen-bond acceptors (Lipinski definition) is 2. The van der Waals surface area contributed by atoms with Crippen LogP contribution >= 0.6 is 0 Å². The number of imidazole rings is 1. The number of benzene rings is 2. The first-order chi connectivity index (χ1) is 12.1. The largest absolute Gasteiger partial charge is 0.339 e. The van der Waals surface area contributed by atoms with E-state index in [1.807, 2.05) is 12.1 Å². The highest BCUT2D eigenvalue weighted by atomic mass is 15.1. The maximum Gasteiger partial charge on any atom is 0.143 e. The normalized spacial score (nSPS) is 11.0. The fourth-order valence-electron chi connectivity index (χ4n) is 3.12. The van der Waals surface area contributed by atoms with E-state index in [0.717, 1.165) is 34.1 Å². The molecule has 0 atom stereocenters. The van der Waals surface area contributed by atoms with Crippen molar-refractivity contribution in [2.24, 2.45) is 0 Å². The number of hydrogen-bond donors (Lipinski definition) is 1. The van der Waals surface area contributed by atoms with Crippen molar-refractivity contribution in [1.29, 1.82) is 0 Å². The quantitative estimate of drug-likeness (QED) is 0.525. The van der Waals surface area contributed by atoms with Gasteiger partial charge in [0.1, 0.15) is 17.2 Å². The average molecular weight is 327 g/mol. The Morgan fingerprint density at radius 1 is 0.800 bits per heavy atom. The summed E-state index contributed by atoms with van der Waals surface area (Å²) in [7, 11) is 0. The molecule has 0 saturated heterocycles. The summed E-state index contributed by atoms with van der Waals surface area (Å²) in [5.41, 5.74) is 7.74. The number of aryl methyl sites for hydroxylation is 3. The van der Waals surface area contributed by atoms with Crippen LogP contribution in [0.3, 0.4) is 0 Å². The van der Waals surface area contributed by atoms with Crippen LogP contribution in [0.25, 0.3) is 16.9 Å².